The fourth-order valence-electron chi connectivity index (χ4n) is 1.88. The second-order valence-electron chi connectivity index (χ2n) is 4.14. The molecule has 104 valence electrons. The normalized spacial score (nSPS) is 20.3. The van der Waals surface area contributed by atoms with Crippen LogP contribution in [0.25, 0.3) is 0 Å². The van der Waals surface area contributed by atoms with Crippen molar-refractivity contribution >= 4 is 51.7 Å². The van der Waals surface area contributed by atoms with Crippen LogP contribution in [0.15, 0.2) is 47.2 Å². The molecule has 1 aromatic heterocycles. The van der Waals surface area contributed by atoms with Crippen molar-refractivity contribution in [3.8, 4) is 0 Å². The van der Waals surface area contributed by atoms with Gasteiger partial charge < -0.3 is 5.32 Å². The van der Waals surface area contributed by atoms with E-state index in [4.69, 9.17) is 12.2 Å². The van der Waals surface area contributed by atoms with Crippen molar-refractivity contribution in [1.29, 1.82) is 0 Å². The van der Waals surface area contributed by atoms with E-state index in [1.807, 2.05) is 0 Å². The summed E-state index contributed by atoms with van der Waals surface area (Å²) in [4.78, 5) is 41.0. The second kappa shape index (κ2) is 5.23. The molecule has 3 heterocycles. The molecule has 1 fully saturated rings. The molecule has 1 saturated heterocycles. The maximum Gasteiger partial charge on any atom is 0.265 e. The van der Waals surface area contributed by atoms with Gasteiger partial charge >= 0.3 is 0 Å². The minimum atomic E-state index is -0.494. The van der Waals surface area contributed by atoms with E-state index >= 15 is 0 Å². The molecule has 1 N–H and O–H groups in total. The number of carbonyl (C=O) groups excluding carboxylic acids is 3. The Balaban J connectivity index is 1.90. The molecular weight excluding hydrogens is 310 g/mol. The quantitative estimate of drug-likeness (QED) is 0.496. The molecule has 0 radical (unpaired) electrons. The van der Waals surface area contributed by atoms with Crippen molar-refractivity contribution in [3.63, 3.8) is 0 Å². The lowest BCUT2D eigenvalue weighted by Gasteiger charge is -2.13. The van der Waals surface area contributed by atoms with E-state index in [1.54, 1.807) is 18.3 Å². The van der Waals surface area contributed by atoms with Gasteiger partial charge in [-0.3, -0.25) is 19.4 Å². The molecule has 0 aliphatic carbocycles. The number of pyridine rings is 1. The Labute approximate surface area is 128 Å². The molecule has 0 aromatic carbocycles. The Bertz CT molecular complexity index is 740. The highest BCUT2D eigenvalue weighted by Crippen LogP contribution is 2.28. The molecule has 3 rings (SSSR count). The number of hydrogen-bond donors (Lipinski definition) is 1. The van der Waals surface area contributed by atoms with E-state index in [-0.39, 0.29) is 11.5 Å². The fraction of sp³-hybridized carbons (Fsp3) is 0. The topological polar surface area (TPSA) is 79.4 Å². The highest BCUT2D eigenvalue weighted by atomic mass is 32.2. The summed E-state index contributed by atoms with van der Waals surface area (Å²) in [6.45, 7) is 0. The van der Waals surface area contributed by atoms with E-state index in [2.05, 4.69) is 10.3 Å². The molecule has 2 aliphatic rings. The number of aromatic nitrogens is 1. The number of carbonyl (C=O) groups is 3. The van der Waals surface area contributed by atoms with Crippen LogP contribution in [0.1, 0.15) is 0 Å². The van der Waals surface area contributed by atoms with Crippen molar-refractivity contribution in [2.24, 2.45) is 0 Å². The van der Waals surface area contributed by atoms with Gasteiger partial charge in [0.25, 0.3) is 17.7 Å². The van der Waals surface area contributed by atoms with Crippen LogP contribution in [-0.4, -0.2) is 27.0 Å². The molecule has 0 saturated carbocycles. The predicted octanol–water partition coefficient (Wildman–Crippen LogP) is 0.913. The van der Waals surface area contributed by atoms with Crippen LogP contribution in [-0.2, 0) is 14.4 Å². The van der Waals surface area contributed by atoms with Gasteiger partial charge in [0, 0.05) is 17.8 Å². The van der Waals surface area contributed by atoms with Gasteiger partial charge in [-0.15, -0.1) is 0 Å². The number of thiocarbonyl (C=S) groups is 1. The lowest BCUT2D eigenvalue weighted by Crippen LogP contribution is -2.30. The van der Waals surface area contributed by atoms with Crippen LogP contribution in [0.5, 0.6) is 0 Å². The van der Waals surface area contributed by atoms with Gasteiger partial charge in [0.15, 0.2) is 0 Å². The standard InChI is InChI=1S/C13H7N3O3S2/c17-10-5-7(4-9-11(18)15-13(20)21-9)12(19)16(10)8-2-1-3-14-6-8/h1-6H,(H,15,18,20)/b9-4-. The van der Waals surface area contributed by atoms with Gasteiger partial charge in [0.2, 0.25) is 0 Å². The van der Waals surface area contributed by atoms with E-state index in [0.717, 1.165) is 16.7 Å². The summed E-state index contributed by atoms with van der Waals surface area (Å²) in [6, 6.07) is 3.24. The monoisotopic (exact) mass is 317 g/mol. The lowest BCUT2D eigenvalue weighted by molar-refractivity contribution is -0.120. The Morgan fingerprint density at radius 3 is 2.76 bits per heavy atom. The molecule has 3 amide bonds. The first kappa shape index (κ1) is 13.7. The van der Waals surface area contributed by atoms with Crippen LogP contribution in [0.4, 0.5) is 5.69 Å². The minimum absolute atomic E-state index is 0.145. The van der Waals surface area contributed by atoms with Crippen LogP contribution in [0, 0.1) is 0 Å². The molecule has 21 heavy (non-hydrogen) atoms. The maximum atomic E-state index is 12.3. The summed E-state index contributed by atoms with van der Waals surface area (Å²) in [5, 5.41) is 2.45. The van der Waals surface area contributed by atoms with Crippen LogP contribution < -0.4 is 10.2 Å². The molecule has 1 aromatic rings. The number of rotatable bonds is 2. The minimum Gasteiger partial charge on any atom is -0.307 e. The van der Waals surface area contributed by atoms with Gasteiger partial charge in [-0.2, -0.15) is 0 Å². The third-order valence-corrected chi connectivity index (χ3v) is 3.94. The van der Waals surface area contributed by atoms with Crippen molar-refractivity contribution in [2.75, 3.05) is 4.90 Å². The molecule has 0 unspecified atom stereocenters. The van der Waals surface area contributed by atoms with Crippen LogP contribution in [0.3, 0.4) is 0 Å². The van der Waals surface area contributed by atoms with Crippen LogP contribution >= 0.6 is 24.0 Å². The van der Waals surface area contributed by atoms with Crippen molar-refractivity contribution in [3.05, 3.63) is 47.2 Å². The zero-order valence-electron chi connectivity index (χ0n) is 10.4. The third kappa shape index (κ3) is 2.50. The summed E-state index contributed by atoms with van der Waals surface area (Å²) in [6.07, 6.45) is 5.53. The molecule has 8 heteroatoms. The first-order valence-electron chi connectivity index (χ1n) is 5.81. The number of thioether (sulfide) groups is 1. The Morgan fingerprint density at radius 1 is 1.33 bits per heavy atom. The summed E-state index contributed by atoms with van der Waals surface area (Å²) < 4.78 is 0.327. The van der Waals surface area contributed by atoms with Gasteiger partial charge in [-0.1, -0.05) is 24.0 Å². The molecular formula is C13H7N3O3S2. The van der Waals surface area contributed by atoms with E-state index < -0.39 is 11.8 Å². The summed E-state index contributed by atoms with van der Waals surface area (Å²) in [5.74, 6) is -1.33. The molecule has 2 aliphatic heterocycles. The van der Waals surface area contributed by atoms with E-state index in [0.29, 0.717) is 14.9 Å². The van der Waals surface area contributed by atoms with Gasteiger partial charge in [-0.25, -0.2) is 4.90 Å². The zero-order valence-corrected chi connectivity index (χ0v) is 12.0. The number of nitrogens with one attached hydrogen (secondary N) is 1. The predicted molar refractivity (Wildman–Crippen MR) is 81.2 cm³/mol. The van der Waals surface area contributed by atoms with Crippen molar-refractivity contribution in [1.82, 2.24) is 10.3 Å². The van der Waals surface area contributed by atoms with Crippen molar-refractivity contribution in [2.45, 2.75) is 0 Å². The number of anilines is 1. The maximum absolute atomic E-state index is 12.3. The van der Waals surface area contributed by atoms with E-state index in [1.165, 1.54) is 18.3 Å². The first-order valence-corrected chi connectivity index (χ1v) is 7.04. The lowest BCUT2D eigenvalue weighted by atomic mass is 10.2. The van der Waals surface area contributed by atoms with E-state index in [9.17, 15) is 14.4 Å². The number of hydrogen-bond acceptors (Lipinski definition) is 6. The SMILES string of the molecule is O=C1NC(=S)S/C1=C\C1=CC(=O)N(c2cccnc2)C1=O. The molecule has 6 nitrogen and oxygen atoms in total. The highest BCUT2D eigenvalue weighted by molar-refractivity contribution is 8.26. The molecule has 0 bridgehead atoms. The first-order chi connectivity index (χ1) is 10.1. The highest BCUT2D eigenvalue weighted by Gasteiger charge is 2.33. The zero-order chi connectivity index (χ0) is 15.0. The number of amides is 3. The van der Waals surface area contributed by atoms with Gasteiger partial charge in [0.05, 0.1) is 16.8 Å². The summed E-state index contributed by atoms with van der Waals surface area (Å²) in [7, 11) is 0. The van der Waals surface area contributed by atoms with Gasteiger partial charge in [-0.05, 0) is 18.2 Å². The van der Waals surface area contributed by atoms with Crippen LogP contribution in [0.2, 0.25) is 0 Å². The summed E-state index contributed by atoms with van der Waals surface area (Å²) >= 11 is 5.92. The second-order valence-corrected chi connectivity index (χ2v) is 5.86. The number of imide groups is 1. The average Bonchev–Trinajstić information content (AvgIpc) is 2.91. The van der Waals surface area contributed by atoms with Crippen molar-refractivity contribution < 1.29 is 14.4 Å². The Kier molecular flexibility index (Phi) is 3.40. The summed E-state index contributed by atoms with van der Waals surface area (Å²) in [5.41, 5.74) is 0.530. The average molecular weight is 317 g/mol. The largest absolute Gasteiger partial charge is 0.307 e. The van der Waals surface area contributed by atoms with Gasteiger partial charge in [0.1, 0.15) is 4.32 Å². The smallest absolute Gasteiger partial charge is 0.265 e. The Morgan fingerprint density at radius 2 is 2.14 bits per heavy atom. The Hall–Kier alpha value is -2.32. The molecule has 0 atom stereocenters. The number of nitrogens with zero attached hydrogens (tertiary/aromatic N) is 2. The fourth-order valence-corrected chi connectivity index (χ4v) is 2.92. The third-order valence-electron chi connectivity index (χ3n) is 2.78. The molecule has 0 spiro atoms.